The van der Waals surface area contributed by atoms with Gasteiger partial charge in [0.05, 0.1) is 36.8 Å². The largest absolute Gasteiger partial charge is 0.346 e. The number of pyridine rings is 2. The number of benzene rings is 2. The lowest BCUT2D eigenvalue weighted by Crippen LogP contribution is -2.53. The van der Waals surface area contributed by atoms with Gasteiger partial charge in [0.15, 0.2) is 5.78 Å². The molecule has 3 heterocycles. The van der Waals surface area contributed by atoms with Gasteiger partial charge in [-0.3, -0.25) is 24.4 Å². The first-order valence-corrected chi connectivity index (χ1v) is 12.7. The Labute approximate surface area is 221 Å². The SMILES string of the molecule is O=C(Cc1cccc(-c2ccccn2)c1)NC1CCN(C(=O)Cc2cccc(-c3ccccn3)c2)CC1=O. The van der Waals surface area contributed by atoms with Crippen LogP contribution in [0.4, 0.5) is 0 Å². The van der Waals surface area contributed by atoms with Crippen LogP contribution in [0.2, 0.25) is 0 Å². The second kappa shape index (κ2) is 11.6. The normalized spacial score (nSPS) is 15.2. The number of carbonyl (C=O) groups is 3. The molecule has 1 unspecified atom stereocenters. The molecule has 1 N–H and O–H groups in total. The predicted molar refractivity (Wildman–Crippen MR) is 145 cm³/mol. The van der Waals surface area contributed by atoms with E-state index < -0.39 is 6.04 Å². The molecule has 2 aromatic heterocycles. The number of likely N-dealkylation sites (tertiary alicyclic amines) is 1. The highest BCUT2D eigenvalue weighted by molar-refractivity contribution is 5.94. The van der Waals surface area contributed by atoms with Gasteiger partial charge in [-0.25, -0.2) is 0 Å². The van der Waals surface area contributed by atoms with Crippen LogP contribution in [0.15, 0.2) is 97.3 Å². The van der Waals surface area contributed by atoms with Crippen LogP contribution in [-0.4, -0.2) is 51.6 Å². The monoisotopic (exact) mass is 504 g/mol. The number of piperidine rings is 1. The van der Waals surface area contributed by atoms with Gasteiger partial charge in [-0.15, -0.1) is 0 Å². The average Bonchev–Trinajstić information content (AvgIpc) is 2.95. The van der Waals surface area contributed by atoms with E-state index in [9.17, 15) is 14.4 Å². The molecule has 7 nitrogen and oxygen atoms in total. The topological polar surface area (TPSA) is 92.3 Å². The lowest BCUT2D eigenvalue weighted by atomic mass is 10.0. The van der Waals surface area contributed by atoms with Gasteiger partial charge in [0, 0.05) is 30.1 Å². The minimum Gasteiger partial charge on any atom is -0.346 e. The van der Waals surface area contributed by atoms with Crippen molar-refractivity contribution in [2.45, 2.75) is 25.3 Å². The molecule has 1 atom stereocenters. The van der Waals surface area contributed by atoms with Crippen LogP contribution < -0.4 is 5.32 Å². The number of nitrogens with zero attached hydrogens (tertiary/aromatic N) is 3. The number of aromatic nitrogens is 2. The van der Waals surface area contributed by atoms with Gasteiger partial charge in [-0.05, 0) is 53.9 Å². The molecule has 1 saturated heterocycles. The lowest BCUT2D eigenvalue weighted by molar-refractivity contribution is -0.139. The fourth-order valence-electron chi connectivity index (χ4n) is 4.65. The zero-order valence-corrected chi connectivity index (χ0v) is 20.9. The summed E-state index contributed by atoms with van der Waals surface area (Å²) >= 11 is 0. The summed E-state index contributed by atoms with van der Waals surface area (Å²) < 4.78 is 0. The first-order valence-electron chi connectivity index (χ1n) is 12.7. The molecule has 1 aliphatic heterocycles. The number of carbonyl (C=O) groups excluding carboxylic acids is 3. The number of Topliss-reactive ketones (excluding diaryl/α,β-unsaturated/α-hetero) is 1. The minimum absolute atomic E-state index is 0.00112. The predicted octanol–water partition coefficient (Wildman–Crippen LogP) is 3.88. The van der Waals surface area contributed by atoms with Gasteiger partial charge >= 0.3 is 0 Å². The molecule has 0 aliphatic carbocycles. The minimum atomic E-state index is -0.585. The highest BCUT2D eigenvalue weighted by Gasteiger charge is 2.30. The van der Waals surface area contributed by atoms with E-state index in [4.69, 9.17) is 0 Å². The van der Waals surface area contributed by atoms with Crippen molar-refractivity contribution in [1.29, 1.82) is 0 Å². The van der Waals surface area contributed by atoms with Crippen LogP contribution in [0.1, 0.15) is 17.5 Å². The summed E-state index contributed by atoms with van der Waals surface area (Å²) in [5.41, 5.74) is 5.28. The smallest absolute Gasteiger partial charge is 0.227 e. The zero-order valence-electron chi connectivity index (χ0n) is 20.9. The summed E-state index contributed by atoms with van der Waals surface area (Å²) in [5, 5.41) is 2.86. The summed E-state index contributed by atoms with van der Waals surface area (Å²) in [6.07, 6.45) is 4.24. The van der Waals surface area contributed by atoms with Crippen LogP contribution in [0.25, 0.3) is 22.5 Å². The van der Waals surface area contributed by atoms with E-state index in [1.54, 1.807) is 17.3 Å². The Morgan fingerprint density at radius 3 is 1.95 bits per heavy atom. The van der Waals surface area contributed by atoms with Gasteiger partial charge in [0.25, 0.3) is 0 Å². The molecule has 5 rings (SSSR count). The van der Waals surface area contributed by atoms with Crippen molar-refractivity contribution in [2.75, 3.05) is 13.1 Å². The summed E-state index contributed by atoms with van der Waals surface area (Å²) in [6.45, 7) is 0.420. The Bertz CT molecular complexity index is 1440. The van der Waals surface area contributed by atoms with Crippen molar-refractivity contribution in [3.63, 3.8) is 0 Å². The van der Waals surface area contributed by atoms with E-state index in [0.29, 0.717) is 13.0 Å². The zero-order chi connectivity index (χ0) is 26.3. The maximum atomic E-state index is 12.9. The third-order valence-corrected chi connectivity index (χ3v) is 6.61. The Morgan fingerprint density at radius 1 is 0.789 bits per heavy atom. The molecule has 38 heavy (non-hydrogen) atoms. The molecule has 2 aromatic carbocycles. The molecule has 1 aliphatic rings. The van der Waals surface area contributed by atoms with Crippen LogP contribution >= 0.6 is 0 Å². The summed E-state index contributed by atoms with van der Waals surface area (Å²) in [4.78, 5) is 48.8. The van der Waals surface area contributed by atoms with Crippen molar-refractivity contribution in [3.05, 3.63) is 108 Å². The van der Waals surface area contributed by atoms with Crippen LogP contribution in [0, 0.1) is 0 Å². The molecule has 7 heteroatoms. The van der Waals surface area contributed by atoms with Gasteiger partial charge in [0.1, 0.15) is 0 Å². The highest BCUT2D eigenvalue weighted by atomic mass is 16.2. The van der Waals surface area contributed by atoms with E-state index in [-0.39, 0.29) is 37.0 Å². The van der Waals surface area contributed by atoms with Gasteiger partial charge in [-0.2, -0.15) is 0 Å². The fourth-order valence-corrected chi connectivity index (χ4v) is 4.65. The Hall–Kier alpha value is -4.65. The Balaban J connectivity index is 1.14. The van der Waals surface area contributed by atoms with E-state index in [1.807, 2.05) is 84.9 Å². The number of amides is 2. The second-order valence-electron chi connectivity index (χ2n) is 9.37. The van der Waals surface area contributed by atoms with Crippen LogP contribution in [0.3, 0.4) is 0 Å². The summed E-state index contributed by atoms with van der Waals surface area (Å²) in [6, 6.07) is 26.2. The molecule has 190 valence electrons. The standard InChI is InChI=1S/C31H28N4O3/c36-29-21-35(31(38)20-23-8-6-10-25(18-23)27-12-2-4-15-33-27)16-13-28(29)34-30(37)19-22-7-5-9-24(17-22)26-11-1-3-14-32-26/h1-12,14-15,17-18,28H,13,16,19-21H2,(H,34,37). The third kappa shape index (κ3) is 6.18. The molecule has 0 spiro atoms. The van der Waals surface area contributed by atoms with E-state index in [1.165, 1.54) is 0 Å². The van der Waals surface area contributed by atoms with Gasteiger partial charge in [-0.1, -0.05) is 48.5 Å². The van der Waals surface area contributed by atoms with Crippen molar-refractivity contribution in [2.24, 2.45) is 0 Å². The van der Waals surface area contributed by atoms with Gasteiger partial charge in [0.2, 0.25) is 11.8 Å². The first-order chi connectivity index (χ1) is 18.5. The number of rotatable bonds is 7. The molecular formula is C31H28N4O3. The molecule has 0 radical (unpaired) electrons. The van der Waals surface area contributed by atoms with Crippen LogP contribution in [-0.2, 0) is 27.2 Å². The number of hydrogen-bond donors (Lipinski definition) is 1. The maximum absolute atomic E-state index is 12.9. The fraction of sp³-hybridized carbons (Fsp3) is 0.194. The van der Waals surface area contributed by atoms with Crippen molar-refractivity contribution >= 4 is 17.6 Å². The van der Waals surface area contributed by atoms with Crippen molar-refractivity contribution in [3.8, 4) is 22.5 Å². The van der Waals surface area contributed by atoms with Crippen molar-refractivity contribution < 1.29 is 14.4 Å². The van der Waals surface area contributed by atoms with Crippen LogP contribution in [0.5, 0.6) is 0 Å². The first kappa shape index (κ1) is 25.0. The van der Waals surface area contributed by atoms with Crippen molar-refractivity contribution in [1.82, 2.24) is 20.2 Å². The van der Waals surface area contributed by atoms with Gasteiger partial charge < -0.3 is 10.2 Å². The molecular weight excluding hydrogens is 476 g/mol. The second-order valence-corrected chi connectivity index (χ2v) is 9.37. The third-order valence-electron chi connectivity index (χ3n) is 6.61. The lowest BCUT2D eigenvalue weighted by Gasteiger charge is -2.31. The molecule has 0 saturated carbocycles. The maximum Gasteiger partial charge on any atom is 0.227 e. The molecule has 0 bridgehead atoms. The number of hydrogen-bond acceptors (Lipinski definition) is 5. The number of nitrogens with one attached hydrogen (secondary N) is 1. The Kier molecular flexibility index (Phi) is 7.64. The molecule has 4 aromatic rings. The Morgan fingerprint density at radius 2 is 1.39 bits per heavy atom. The van der Waals surface area contributed by atoms with E-state index >= 15 is 0 Å². The molecule has 1 fully saturated rings. The van der Waals surface area contributed by atoms with E-state index in [0.717, 1.165) is 33.6 Å². The quantitative estimate of drug-likeness (QED) is 0.412. The van der Waals surface area contributed by atoms with E-state index in [2.05, 4.69) is 15.3 Å². The highest BCUT2D eigenvalue weighted by Crippen LogP contribution is 2.20. The average molecular weight is 505 g/mol. The number of ketones is 1. The summed E-state index contributed by atoms with van der Waals surface area (Å²) in [5.74, 6) is -0.470. The summed E-state index contributed by atoms with van der Waals surface area (Å²) in [7, 11) is 0. The molecule has 2 amide bonds.